The number of carbonyl (C=O) groups is 2. The molecule has 1 fully saturated rings. The minimum atomic E-state index is -0.0641. The summed E-state index contributed by atoms with van der Waals surface area (Å²) in [7, 11) is 0. The quantitative estimate of drug-likeness (QED) is 0.271. The number of benzene rings is 2. The number of fused-ring (bicyclic) bond motifs is 1. The van der Waals surface area contributed by atoms with Crippen molar-refractivity contribution >= 4 is 40.0 Å². The van der Waals surface area contributed by atoms with Crippen LogP contribution in [0.3, 0.4) is 0 Å². The number of anilines is 1. The fourth-order valence-corrected chi connectivity index (χ4v) is 5.77. The van der Waals surface area contributed by atoms with E-state index in [0.29, 0.717) is 48.4 Å². The zero-order valence-electron chi connectivity index (χ0n) is 21.9. The number of carbonyl (C=O) groups excluding carboxylic acids is 2. The first-order valence-electron chi connectivity index (χ1n) is 13.4. The smallest absolute Gasteiger partial charge is 0.257 e. The second-order valence-electron chi connectivity index (χ2n) is 10.0. The van der Waals surface area contributed by atoms with Crippen LogP contribution in [0.4, 0.5) is 5.69 Å². The van der Waals surface area contributed by atoms with Gasteiger partial charge in [0.15, 0.2) is 0 Å². The van der Waals surface area contributed by atoms with Gasteiger partial charge in [-0.25, -0.2) is 4.98 Å². The van der Waals surface area contributed by atoms with Gasteiger partial charge in [0.25, 0.3) is 5.91 Å². The number of aromatic nitrogens is 4. The molecule has 8 nitrogen and oxygen atoms in total. The highest BCUT2D eigenvalue weighted by Crippen LogP contribution is 2.35. The van der Waals surface area contributed by atoms with Crippen LogP contribution in [-0.2, 0) is 11.2 Å². The van der Waals surface area contributed by atoms with E-state index in [1.807, 2.05) is 82.7 Å². The monoisotopic (exact) mass is 552 g/mol. The van der Waals surface area contributed by atoms with Crippen molar-refractivity contribution in [3.8, 4) is 5.69 Å². The maximum Gasteiger partial charge on any atom is 0.257 e. The SMILES string of the molecule is O=C(CCc1cccnc1)Nc1ccc(-n2c(Cl)c(C(=O)N3CCC(n4ccnc4)CC3)c3ccccc32)cc1. The molecular weight excluding hydrogens is 524 g/mol. The average Bonchev–Trinajstić information content (AvgIpc) is 3.63. The highest BCUT2D eigenvalue weighted by Gasteiger charge is 2.29. The molecule has 0 unspecified atom stereocenters. The van der Waals surface area contributed by atoms with E-state index >= 15 is 0 Å². The molecule has 2 amide bonds. The zero-order valence-corrected chi connectivity index (χ0v) is 22.7. The first-order valence-corrected chi connectivity index (χ1v) is 13.8. The zero-order chi connectivity index (χ0) is 27.5. The number of para-hydroxylation sites is 1. The third-order valence-electron chi connectivity index (χ3n) is 7.50. The van der Waals surface area contributed by atoms with Gasteiger partial charge in [-0.05, 0) is 61.2 Å². The first kappa shape index (κ1) is 25.8. The number of aryl methyl sites for hydroxylation is 1. The summed E-state index contributed by atoms with van der Waals surface area (Å²) < 4.78 is 4.02. The van der Waals surface area contributed by atoms with Crippen LogP contribution < -0.4 is 5.32 Å². The van der Waals surface area contributed by atoms with E-state index in [4.69, 9.17) is 11.6 Å². The van der Waals surface area contributed by atoms with Crippen LogP contribution in [0, 0.1) is 0 Å². The average molecular weight is 553 g/mol. The molecule has 6 rings (SSSR count). The Morgan fingerprint density at radius 3 is 2.48 bits per heavy atom. The van der Waals surface area contributed by atoms with Crippen LogP contribution in [0.2, 0.25) is 5.15 Å². The van der Waals surface area contributed by atoms with E-state index in [0.717, 1.165) is 35.0 Å². The number of likely N-dealkylation sites (tertiary alicyclic amines) is 1. The molecule has 2 aromatic carbocycles. The molecule has 40 heavy (non-hydrogen) atoms. The van der Waals surface area contributed by atoms with E-state index in [2.05, 4.69) is 19.9 Å². The topological polar surface area (TPSA) is 85.0 Å². The maximum absolute atomic E-state index is 13.8. The molecule has 1 saturated heterocycles. The number of halogens is 1. The van der Waals surface area contributed by atoms with Gasteiger partial charge < -0.3 is 14.8 Å². The Hall–Kier alpha value is -4.43. The number of hydrogen-bond acceptors (Lipinski definition) is 4. The molecular formula is C31H29ClN6O2. The summed E-state index contributed by atoms with van der Waals surface area (Å²) in [6.07, 6.45) is 11.8. The molecule has 0 spiro atoms. The number of hydrogen-bond donors (Lipinski definition) is 1. The van der Waals surface area contributed by atoms with Gasteiger partial charge in [0.1, 0.15) is 5.15 Å². The van der Waals surface area contributed by atoms with Gasteiger partial charge in [0.2, 0.25) is 5.91 Å². The third-order valence-corrected chi connectivity index (χ3v) is 7.86. The summed E-state index contributed by atoms with van der Waals surface area (Å²) in [5.74, 6) is -0.118. The van der Waals surface area contributed by atoms with Crippen LogP contribution in [0.25, 0.3) is 16.6 Å². The molecule has 0 atom stereocenters. The fourth-order valence-electron chi connectivity index (χ4n) is 5.40. The Kier molecular flexibility index (Phi) is 7.33. The van der Waals surface area contributed by atoms with Gasteiger partial charge in [0.05, 0.1) is 17.4 Å². The Morgan fingerprint density at radius 1 is 0.950 bits per heavy atom. The van der Waals surface area contributed by atoms with Crippen molar-refractivity contribution < 1.29 is 9.59 Å². The van der Waals surface area contributed by atoms with Crippen molar-refractivity contribution in [1.82, 2.24) is 24.0 Å². The predicted octanol–water partition coefficient (Wildman–Crippen LogP) is 5.92. The van der Waals surface area contributed by atoms with Crippen LogP contribution >= 0.6 is 11.6 Å². The molecule has 4 heterocycles. The second kappa shape index (κ2) is 11.4. The van der Waals surface area contributed by atoms with E-state index < -0.39 is 0 Å². The lowest BCUT2D eigenvalue weighted by Crippen LogP contribution is -2.39. The van der Waals surface area contributed by atoms with Crippen LogP contribution in [0.5, 0.6) is 0 Å². The number of piperidine rings is 1. The molecule has 0 aliphatic carbocycles. The van der Waals surface area contributed by atoms with Crippen molar-refractivity contribution in [2.75, 3.05) is 18.4 Å². The molecule has 0 saturated carbocycles. The van der Waals surface area contributed by atoms with Crippen LogP contribution in [0.1, 0.15) is 41.2 Å². The second-order valence-corrected chi connectivity index (χ2v) is 10.4. The lowest BCUT2D eigenvalue weighted by atomic mass is 10.0. The Labute approximate surface area is 237 Å². The first-order chi connectivity index (χ1) is 19.6. The predicted molar refractivity (Wildman–Crippen MR) is 156 cm³/mol. The van der Waals surface area contributed by atoms with E-state index in [9.17, 15) is 9.59 Å². The maximum atomic E-state index is 13.8. The third kappa shape index (κ3) is 5.22. The Bertz CT molecular complexity index is 1620. The normalized spacial score (nSPS) is 14.0. The molecule has 9 heteroatoms. The molecule has 1 aliphatic rings. The number of amides is 2. The molecule has 0 bridgehead atoms. The van der Waals surface area contributed by atoms with E-state index in [-0.39, 0.29) is 11.8 Å². The molecule has 202 valence electrons. The lowest BCUT2D eigenvalue weighted by Gasteiger charge is -2.32. The highest BCUT2D eigenvalue weighted by molar-refractivity contribution is 6.36. The van der Waals surface area contributed by atoms with Gasteiger partial charge in [0, 0.05) is 67.1 Å². The van der Waals surface area contributed by atoms with Crippen molar-refractivity contribution in [3.05, 3.63) is 108 Å². The summed E-state index contributed by atoms with van der Waals surface area (Å²) in [6, 6.07) is 19.5. The minimum absolute atomic E-state index is 0.0541. The lowest BCUT2D eigenvalue weighted by molar-refractivity contribution is -0.116. The number of rotatable bonds is 7. The number of pyridine rings is 1. The van der Waals surface area contributed by atoms with Crippen LogP contribution in [-0.4, -0.2) is 48.9 Å². The van der Waals surface area contributed by atoms with Crippen molar-refractivity contribution in [2.45, 2.75) is 31.7 Å². The van der Waals surface area contributed by atoms with Crippen molar-refractivity contribution in [1.29, 1.82) is 0 Å². The van der Waals surface area contributed by atoms with E-state index in [1.165, 1.54) is 0 Å². The van der Waals surface area contributed by atoms with Crippen molar-refractivity contribution in [3.63, 3.8) is 0 Å². The summed E-state index contributed by atoms with van der Waals surface area (Å²) in [5, 5.41) is 4.16. The van der Waals surface area contributed by atoms with Crippen molar-refractivity contribution in [2.24, 2.45) is 0 Å². The minimum Gasteiger partial charge on any atom is -0.338 e. The Balaban J connectivity index is 1.19. The number of nitrogens with zero attached hydrogens (tertiary/aromatic N) is 5. The molecule has 3 aromatic heterocycles. The fraction of sp³-hybridized carbons (Fsp3) is 0.226. The van der Waals surface area contributed by atoms with Gasteiger partial charge in [-0.3, -0.25) is 19.1 Å². The van der Waals surface area contributed by atoms with Crippen LogP contribution in [0.15, 0.2) is 91.8 Å². The van der Waals surface area contributed by atoms with Gasteiger partial charge in [-0.1, -0.05) is 35.9 Å². The largest absolute Gasteiger partial charge is 0.338 e. The summed E-state index contributed by atoms with van der Waals surface area (Å²) in [5.41, 5.74) is 3.91. The molecule has 1 aliphatic heterocycles. The van der Waals surface area contributed by atoms with Gasteiger partial charge >= 0.3 is 0 Å². The summed E-state index contributed by atoms with van der Waals surface area (Å²) >= 11 is 6.96. The number of nitrogens with one attached hydrogen (secondary N) is 1. The van der Waals surface area contributed by atoms with E-state index in [1.54, 1.807) is 18.6 Å². The highest BCUT2D eigenvalue weighted by atomic mass is 35.5. The molecule has 5 aromatic rings. The standard InChI is InChI=1S/C31H29ClN6O2/c32-30-29(31(40)36-17-13-24(14-18-36)37-19-16-34-21-37)26-5-1-2-6-27(26)38(30)25-10-8-23(9-11-25)35-28(39)12-7-22-4-3-15-33-20-22/h1-6,8-11,15-16,19-21,24H,7,12-14,17-18H2,(H,35,39). The summed E-state index contributed by atoms with van der Waals surface area (Å²) in [6.45, 7) is 1.32. The number of imidazole rings is 1. The Morgan fingerprint density at radius 2 is 1.75 bits per heavy atom. The van der Waals surface area contributed by atoms with Gasteiger partial charge in [-0.2, -0.15) is 0 Å². The summed E-state index contributed by atoms with van der Waals surface area (Å²) in [4.78, 5) is 36.4. The molecule has 0 radical (unpaired) electrons. The molecule has 1 N–H and O–H groups in total. The van der Waals surface area contributed by atoms with Gasteiger partial charge in [-0.15, -0.1) is 0 Å².